The predicted octanol–water partition coefficient (Wildman–Crippen LogP) is 2.09. The summed E-state index contributed by atoms with van der Waals surface area (Å²) in [6, 6.07) is 9.51. The number of hydrogen-bond acceptors (Lipinski definition) is 1. The Kier molecular flexibility index (Phi) is 2.68. The molecule has 2 rings (SSSR count). The molecule has 3 nitrogen and oxygen atoms in total. The Bertz CT molecular complexity index is 537. The number of hydrogen-bond donors (Lipinski definition) is 0. The first kappa shape index (κ1) is 10.5. The van der Waals surface area contributed by atoms with Gasteiger partial charge in [0.2, 0.25) is 0 Å². The molecule has 1 aromatic heterocycles. The summed E-state index contributed by atoms with van der Waals surface area (Å²) in [6.45, 7) is 1.92. The Morgan fingerprint density at radius 3 is 2.27 bits per heavy atom. The number of halogens is 1. The second-order valence-corrected chi connectivity index (χ2v) is 4.68. The van der Waals surface area contributed by atoms with Crippen molar-refractivity contribution < 1.29 is 0 Å². The fraction of sp³-hybridized carbons (Fsp3) is 0.182. The van der Waals surface area contributed by atoms with Crippen LogP contribution >= 0.6 is 22.6 Å². The van der Waals surface area contributed by atoms with Crippen molar-refractivity contribution >= 4 is 22.6 Å². The average molecular weight is 314 g/mol. The molecule has 0 N–H and O–H groups in total. The van der Waals surface area contributed by atoms with E-state index >= 15 is 0 Å². The molecule has 0 aliphatic carbocycles. The molecule has 0 radical (unpaired) electrons. The lowest BCUT2D eigenvalue weighted by atomic mass is 10.3. The molecule has 1 aromatic carbocycles. The molecular formula is C11H11IN2O. The summed E-state index contributed by atoms with van der Waals surface area (Å²) < 4.78 is 4.67. The van der Waals surface area contributed by atoms with Crippen molar-refractivity contribution in [2.24, 2.45) is 7.05 Å². The van der Waals surface area contributed by atoms with Gasteiger partial charge in [-0.2, -0.15) is 0 Å². The van der Waals surface area contributed by atoms with Gasteiger partial charge in [0, 0.05) is 22.4 Å². The Labute approximate surface area is 101 Å². The Morgan fingerprint density at radius 2 is 1.80 bits per heavy atom. The maximum atomic E-state index is 11.7. The Balaban J connectivity index is 2.64. The van der Waals surface area contributed by atoms with Gasteiger partial charge in [-0.25, -0.2) is 4.68 Å². The van der Waals surface area contributed by atoms with E-state index in [1.807, 2.05) is 42.9 Å². The minimum absolute atomic E-state index is 0.0104. The normalized spacial score (nSPS) is 10.6. The third-order valence-corrected chi connectivity index (χ3v) is 3.14. The second kappa shape index (κ2) is 3.84. The molecule has 4 heteroatoms. The van der Waals surface area contributed by atoms with Gasteiger partial charge in [0.05, 0.1) is 5.69 Å². The molecule has 78 valence electrons. The maximum absolute atomic E-state index is 11.7. The van der Waals surface area contributed by atoms with Gasteiger partial charge in [0.15, 0.2) is 0 Å². The van der Waals surface area contributed by atoms with E-state index in [0.29, 0.717) is 0 Å². The van der Waals surface area contributed by atoms with E-state index in [-0.39, 0.29) is 5.56 Å². The highest BCUT2D eigenvalue weighted by Gasteiger charge is 2.05. The second-order valence-electron chi connectivity index (χ2n) is 3.44. The van der Waals surface area contributed by atoms with Crippen molar-refractivity contribution in [1.29, 1.82) is 0 Å². The van der Waals surface area contributed by atoms with Crippen LogP contribution in [0, 0.1) is 10.5 Å². The van der Waals surface area contributed by atoms with E-state index in [2.05, 4.69) is 22.6 Å². The summed E-state index contributed by atoms with van der Waals surface area (Å²) >= 11 is 2.24. The summed E-state index contributed by atoms with van der Waals surface area (Å²) in [5, 5.41) is 0. The minimum atomic E-state index is 0.0104. The fourth-order valence-corrected chi connectivity index (χ4v) is 1.88. The molecule has 1 heterocycles. The molecule has 2 aromatic rings. The van der Waals surface area contributed by atoms with Crippen molar-refractivity contribution in [1.82, 2.24) is 9.36 Å². The Morgan fingerprint density at radius 1 is 1.20 bits per heavy atom. The number of aromatic nitrogens is 2. The van der Waals surface area contributed by atoms with Gasteiger partial charge in [-0.15, -0.1) is 0 Å². The fourth-order valence-electron chi connectivity index (χ4n) is 1.52. The van der Waals surface area contributed by atoms with Crippen LogP contribution in [-0.4, -0.2) is 9.36 Å². The lowest BCUT2D eigenvalue weighted by Crippen LogP contribution is -2.19. The molecule has 0 spiro atoms. The first-order valence-corrected chi connectivity index (χ1v) is 5.69. The third kappa shape index (κ3) is 1.86. The summed E-state index contributed by atoms with van der Waals surface area (Å²) in [5.41, 5.74) is 1.87. The van der Waals surface area contributed by atoms with Gasteiger partial charge < -0.3 is 0 Å². The van der Waals surface area contributed by atoms with E-state index in [4.69, 9.17) is 0 Å². The molecule has 0 fully saturated rings. The standard InChI is InChI=1S/C11H11IN2O/c1-8-7-11(15)14(13(8)2)10-5-3-9(12)4-6-10/h3-7H,1-2H3. The monoisotopic (exact) mass is 314 g/mol. The van der Waals surface area contributed by atoms with Crippen molar-refractivity contribution in [3.8, 4) is 5.69 Å². The summed E-state index contributed by atoms with van der Waals surface area (Å²) in [7, 11) is 1.88. The zero-order valence-electron chi connectivity index (χ0n) is 8.57. The smallest absolute Gasteiger partial charge is 0.271 e. The number of aryl methyl sites for hydroxylation is 1. The van der Waals surface area contributed by atoms with Crippen LogP contribution in [0.3, 0.4) is 0 Å². The number of rotatable bonds is 1. The lowest BCUT2D eigenvalue weighted by molar-refractivity contribution is 0.630. The van der Waals surface area contributed by atoms with Gasteiger partial charge in [-0.3, -0.25) is 9.48 Å². The van der Waals surface area contributed by atoms with E-state index in [0.717, 1.165) is 15.0 Å². The largest absolute Gasteiger partial charge is 0.285 e. The highest BCUT2D eigenvalue weighted by atomic mass is 127. The molecule has 15 heavy (non-hydrogen) atoms. The van der Waals surface area contributed by atoms with Gasteiger partial charge in [0.1, 0.15) is 0 Å². The minimum Gasteiger partial charge on any atom is -0.285 e. The lowest BCUT2D eigenvalue weighted by Gasteiger charge is -2.08. The van der Waals surface area contributed by atoms with Gasteiger partial charge in [0.25, 0.3) is 5.56 Å². The molecule has 0 saturated carbocycles. The number of benzene rings is 1. The molecular weight excluding hydrogens is 303 g/mol. The topological polar surface area (TPSA) is 26.9 Å². The van der Waals surface area contributed by atoms with Crippen LogP contribution in [0.1, 0.15) is 5.69 Å². The van der Waals surface area contributed by atoms with Crippen LogP contribution in [0.5, 0.6) is 0 Å². The maximum Gasteiger partial charge on any atom is 0.271 e. The first-order chi connectivity index (χ1) is 7.09. The average Bonchev–Trinajstić information content (AvgIpc) is 2.44. The van der Waals surface area contributed by atoms with Crippen LogP contribution in [-0.2, 0) is 7.05 Å². The van der Waals surface area contributed by atoms with Crippen LogP contribution in [0.4, 0.5) is 0 Å². The zero-order chi connectivity index (χ0) is 11.0. The van der Waals surface area contributed by atoms with Crippen molar-refractivity contribution in [2.45, 2.75) is 6.92 Å². The highest BCUT2D eigenvalue weighted by molar-refractivity contribution is 14.1. The SMILES string of the molecule is Cc1cc(=O)n(-c2ccc(I)cc2)n1C. The molecule has 0 unspecified atom stereocenters. The molecule has 0 aliphatic heterocycles. The van der Waals surface area contributed by atoms with Crippen molar-refractivity contribution in [2.75, 3.05) is 0 Å². The summed E-state index contributed by atoms with van der Waals surface area (Å²) in [6.07, 6.45) is 0. The Hall–Kier alpha value is -1.04. The summed E-state index contributed by atoms with van der Waals surface area (Å²) in [5.74, 6) is 0. The van der Waals surface area contributed by atoms with Crippen LogP contribution in [0.2, 0.25) is 0 Å². The molecule has 0 bridgehead atoms. The third-order valence-electron chi connectivity index (χ3n) is 2.42. The molecule has 0 aliphatic rings. The van der Waals surface area contributed by atoms with Crippen molar-refractivity contribution in [3.63, 3.8) is 0 Å². The van der Waals surface area contributed by atoms with E-state index < -0.39 is 0 Å². The quantitative estimate of drug-likeness (QED) is 0.741. The van der Waals surface area contributed by atoms with Gasteiger partial charge >= 0.3 is 0 Å². The van der Waals surface area contributed by atoms with Crippen LogP contribution in [0.15, 0.2) is 35.1 Å². The van der Waals surface area contributed by atoms with Gasteiger partial charge in [-0.05, 0) is 53.8 Å². The predicted molar refractivity (Wildman–Crippen MR) is 68.5 cm³/mol. The molecule has 0 amide bonds. The van der Waals surface area contributed by atoms with Crippen LogP contribution < -0.4 is 5.56 Å². The summed E-state index contributed by atoms with van der Waals surface area (Å²) in [4.78, 5) is 11.7. The van der Waals surface area contributed by atoms with Crippen LogP contribution in [0.25, 0.3) is 5.69 Å². The molecule has 0 atom stereocenters. The first-order valence-electron chi connectivity index (χ1n) is 4.61. The zero-order valence-corrected chi connectivity index (χ0v) is 10.7. The van der Waals surface area contributed by atoms with E-state index in [1.54, 1.807) is 10.7 Å². The van der Waals surface area contributed by atoms with Crippen molar-refractivity contribution in [3.05, 3.63) is 49.9 Å². The highest BCUT2D eigenvalue weighted by Crippen LogP contribution is 2.10. The van der Waals surface area contributed by atoms with Gasteiger partial charge in [-0.1, -0.05) is 0 Å². The molecule has 0 saturated heterocycles. The van der Waals surface area contributed by atoms with E-state index in [1.165, 1.54) is 0 Å². The number of nitrogens with zero attached hydrogens (tertiary/aromatic N) is 2. The van der Waals surface area contributed by atoms with E-state index in [9.17, 15) is 4.79 Å².